The average molecular weight is 767 g/mol. The first-order chi connectivity index (χ1) is 27.3. The first-order valence-electron chi connectivity index (χ1n) is 21.5. The molecule has 4 fully saturated rings. The molecule has 9 atom stereocenters. The quantitative estimate of drug-likeness (QED) is 0.0885. The third-order valence-electron chi connectivity index (χ3n) is 14.7. The summed E-state index contributed by atoms with van der Waals surface area (Å²) in [5, 5.41) is 29.4. The molecule has 4 saturated carbocycles. The standard InChI is InChI=1S/C49H66O7/c1-35(14-13-28-56-49(36-15-7-4-8-16-36,37-17-9-5-10-18-37)38-19-11-6-12-20-38)41-21-22-42-46-43(34-45(48(41,42)3)55-31-27-52)47(2)24-23-40(53-29-25-50)32-39(47)33-44(46)54-30-26-51/h4-12,15-20,35,40-45,50-52H,13-14,21-34H2,1-3H3. The normalized spacial score (nSPS) is 31.4. The van der Waals surface area contributed by atoms with Gasteiger partial charge in [0.05, 0.1) is 58.0 Å². The zero-order valence-corrected chi connectivity index (χ0v) is 34.0. The van der Waals surface area contributed by atoms with Crippen molar-refractivity contribution in [2.75, 3.05) is 46.2 Å². The molecule has 7 rings (SSSR count). The van der Waals surface area contributed by atoms with Crippen molar-refractivity contribution in [2.24, 2.45) is 34.5 Å². The molecular formula is C49H66O7. The molecule has 7 nitrogen and oxygen atoms in total. The summed E-state index contributed by atoms with van der Waals surface area (Å²) in [4.78, 5) is 0. The van der Waals surface area contributed by atoms with Gasteiger partial charge in [0.25, 0.3) is 0 Å². The van der Waals surface area contributed by atoms with Gasteiger partial charge in [-0.2, -0.15) is 0 Å². The lowest BCUT2D eigenvalue weighted by Gasteiger charge is -2.64. The van der Waals surface area contributed by atoms with Crippen molar-refractivity contribution in [3.05, 3.63) is 120 Å². The second-order valence-corrected chi connectivity index (χ2v) is 17.5. The minimum absolute atomic E-state index is 0.00921. The maximum Gasteiger partial charge on any atom is 0.143 e. The first kappa shape index (κ1) is 41.5. The van der Waals surface area contributed by atoms with E-state index in [0.717, 1.165) is 74.5 Å². The van der Waals surface area contributed by atoms with E-state index >= 15 is 0 Å². The second-order valence-electron chi connectivity index (χ2n) is 17.5. The molecule has 0 aliphatic heterocycles. The highest BCUT2D eigenvalue weighted by Gasteiger charge is 2.67. The van der Waals surface area contributed by atoms with Gasteiger partial charge in [0.1, 0.15) is 5.60 Å². The Morgan fingerprint density at radius 1 is 0.679 bits per heavy atom. The fraction of sp³-hybridized carbons (Fsp3) is 0.592. The molecule has 0 heterocycles. The van der Waals surface area contributed by atoms with Crippen LogP contribution in [0, 0.1) is 46.3 Å². The summed E-state index contributed by atoms with van der Waals surface area (Å²) in [6.07, 6.45) is 9.07. The van der Waals surface area contributed by atoms with Gasteiger partial charge in [0.15, 0.2) is 0 Å². The van der Waals surface area contributed by atoms with Crippen LogP contribution in [0.15, 0.2) is 91.0 Å². The van der Waals surface area contributed by atoms with Crippen molar-refractivity contribution in [2.45, 2.75) is 102 Å². The van der Waals surface area contributed by atoms with Gasteiger partial charge in [-0.05, 0) is 109 Å². The predicted molar refractivity (Wildman–Crippen MR) is 220 cm³/mol. The molecule has 7 heteroatoms. The second kappa shape index (κ2) is 18.5. The van der Waals surface area contributed by atoms with Crippen LogP contribution >= 0.6 is 0 Å². The molecule has 4 aliphatic carbocycles. The molecule has 304 valence electrons. The third kappa shape index (κ3) is 7.91. The maximum atomic E-state index is 10.0. The Balaban J connectivity index is 1.12. The molecule has 3 aromatic rings. The maximum absolute atomic E-state index is 10.0. The van der Waals surface area contributed by atoms with E-state index in [0.29, 0.717) is 50.1 Å². The monoisotopic (exact) mass is 766 g/mol. The summed E-state index contributed by atoms with van der Waals surface area (Å²) in [6, 6.07) is 31.9. The molecule has 9 unspecified atom stereocenters. The van der Waals surface area contributed by atoms with Gasteiger partial charge in [-0.25, -0.2) is 0 Å². The first-order valence-corrected chi connectivity index (χ1v) is 21.5. The molecular weight excluding hydrogens is 701 g/mol. The van der Waals surface area contributed by atoms with Crippen LogP contribution in [0.4, 0.5) is 0 Å². The SMILES string of the molecule is CC(CCCOC(c1ccccc1)(c1ccccc1)c1ccccc1)C1CCC2[C]3C(OCCO)C[C]4CC(OCCO)CCC4(C)C3CC(OCCO)C21C. The zero-order valence-electron chi connectivity index (χ0n) is 34.0. The van der Waals surface area contributed by atoms with E-state index in [4.69, 9.17) is 18.9 Å². The Morgan fingerprint density at radius 2 is 1.25 bits per heavy atom. The Bertz CT molecular complexity index is 1520. The summed E-state index contributed by atoms with van der Waals surface area (Å²) in [5.41, 5.74) is 2.58. The van der Waals surface area contributed by atoms with Crippen molar-refractivity contribution < 1.29 is 34.3 Å². The molecule has 2 radical (unpaired) electrons. The Labute approximate surface area is 336 Å². The highest BCUT2D eigenvalue weighted by Crippen LogP contribution is 2.70. The van der Waals surface area contributed by atoms with E-state index in [1.54, 1.807) is 5.92 Å². The van der Waals surface area contributed by atoms with Crippen LogP contribution < -0.4 is 0 Å². The van der Waals surface area contributed by atoms with Crippen LogP contribution in [0.5, 0.6) is 0 Å². The fourth-order valence-corrected chi connectivity index (χ4v) is 12.1. The molecule has 3 N–H and O–H groups in total. The highest BCUT2D eigenvalue weighted by atomic mass is 16.5. The van der Waals surface area contributed by atoms with Gasteiger partial charge in [0.2, 0.25) is 0 Å². The molecule has 0 saturated heterocycles. The van der Waals surface area contributed by atoms with Crippen LogP contribution in [0.2, 0.25) is 0 Å². The van der Waals surface area contributed by atoms with Gasteiger partial charge in [-0.3, -0.25) is 0 Å². The van der Waals surface area contributed by atoms with Crippen LogP contribution in [0.3, 0.4) is 0 Å². The number of fused-ring (bicyclic) bond motifs is 5. The van der Waals surface area contributed by atoms with Crippen LogP contribution in [-0.2, 0) is 24.5 Å². The Kier molecular flexibility index (Phi) is 13.7. The molecule has 0 bridgehead atoms. The lowest BCUT2D eigenvalue weighted by Crippen LogP contribution is -2.62. The predicted octanol–water partition coefficient (Wildman–Crippen LogP) is 8.34. The highest BCUT2D eigenvalue weighted by molar-refractivity contribution is 5.47. The summed E-state index contributed by atoms with van der Waals surface area (Å²) in [7, 11) is 0. The van der Waals surface area contributed by atoms with E-state index in [-0.39, 0.29) is 49.0 Å². The van der Waals surface area contributed by atoms with Gasteiger partial charge < -0.3 is 34.3 Å². The van der Waals surface area contributed by atoms with Gasteiger partial charge in [-0.15, -0.1) is 0 Å². The summed E-state index contributed by atoms with van der Waals surface area (Å²) in [5.74, 6) is 4.63. The van der Waals surface area contributed by atoms with Gasteiger partial charge >= 0.3 is 0 Å². The average Bonchev–Trinajstić information content (AvgIpc) is 3.60. The number of hydrogen-bond acceptors (Lipinski definition) is 7. The molecule has 0 aromatic heterocycles. The number of hydrogen-bond donors (Lipinski definition) is 3. The summed E-state index contributed by atoms with van der Waals surface area (Å²) < 4.78 is 26.7. The zero-order chi connectivity index (χ0) is 39.2. The smallest absolute Gasteiger partial charge is 0.143 e. The number of rotatable bonds is 18. The van der Waals surface area contributed by atoms with Crippen molar-refractivity contribution in [3.63, 3.8) is 0 Å². The molecule has 56 heavy (non-hydrogen) atoms. The Morgan fingerprint density at radius 3 is 1.84 bits per heavy atom. The van der Waals surface area contributed by atoms with E-state index in [1.165, 1.54) is 5.92 Å². The lowest BCUT2D eigenvalue weighted by atomic mass is 9.43. The van der Waals surface area contributed by atoms with Crippen molar-refractivity contribution >= 4 is 0 Å². The van der Waals surface area contributed by atoms with Gasteiger partial charge in [-0.1, -0.05) is 112 Å². The van der Waals surface area contributed by atoms with Crippen LogP contribution in [-0.4, -0.2) is 79.9 Å². The van der Waals surface area contributed by atoms with Crippen LogP contribution in [0.1, 0.15) is 95.2 Å². The van der Waals surface area contributed by atoms with Crippen molar-refractivity contribution in [3.8, 4) is 0 Å². The fourth-order valence-electron chi connectivity index (χ4n) is 12.1. The van der Waals surface area contributed by atoms with E-state index in [9.17, 15) is 15.3 Å². The topological polar surface area (TPSA) is 97.6 Å². The van der Waals surface area contributed by atoms with E-state index < -0.39 is 5.60 Å². The number of aliphatic hydroxyl groups is 3. The third-order valence-corrected chi connectivity index (χ3v) is 14.7. The van der Waals surface area contributed by atoms with Crippen molar-refractivity contribution in [1.29, 1.82) is 0 Å². The molecule has 0 amide bonds. The largest absolute Gasteiger partial charge is 0.394 e. The number of aliphatic hydroxyl groups excluding tert-OH is 3. The molecule has 4 aliphatic rings. The lowest BCUT2D eigenvalue weighted by molar-refractivity contribution is -0.156. The van der Waals surface area contributed by atoms with Crippen LogP contribution in [0.25, 0.3) is 0 Å². The number of benzene rings is 3. The summed E-state index contributed by atoms with van der Waals surface area (Å²) >= 11 is 0. The summed E-state index contributed by atoms with van der Waals surface area (Å²) in [6.45, 7) is 9.14. The number of ether oxygens (including phenoxy) is 4. The van der Waals surface area contributed by atoms with Crippen molar-refractivity contribution in [1.82, 2.24) is 0 Å². The minimum atomic E-state index is -0.726. The van der Waals surface area contributed by atoms with Gasteiger partial charge in [0, 0.05) is 17.9 Å². The minimum Gasteiger partial charge on any atom is -0.394 e. The molecule has 3 aromatic carbocycles. The molecule has 0 spiro atoms. The van der Waals surface area contributed by atoms with E-state index in [2.05, 4.69) is 112 Å². The Hall–Kier alpha value is -2.62. The van der Waals surface area contributed by atoms with E-state index in [1.807, 2.05) is 0 Å².